The number of sulfone groups is 1. The van der Waals surface area contributed by atoms with Crippen LogP contribution in [0.15, 0.2) is 23.1 Å². The molecule has 0 radical (unpaired) electrons. The lowest BCUT2D eigenvalue weighted by molar-refractivity contribution is -0.119. The van der Waals surface area contributed by atoms with Gasteiger partial charge in [0.05, 0.1) is 23.3 Å². The molecular weight excluding hydrogens is 391 g/mol. The minimum atomic E-state index is -3.17. The van der Waals surface area contributed by atoms with Gasteiger partial charge in [0, 0.05) is 16.5 Å². The molecule has 0 bridgehead atoms. The largest absolute Gasteiger partial charge is 0.350 e. The van der Waals surface area contributed by atoms with Gasteiger partial charge in [-0.15, -0.1) is 11.8 Å². The maximum Gasteiger partial charge on any atom is 0.230 e. The number of hydrogen-bond acceptors (Lipinski definition) is 6. The van der Waals surface area contributed by atoms with E-state index in [1.54, 1.807) is 0 Å². The normalized spacial score (nSPS) is 24.8. The van der Waals surface area contributed by atoms with Crippen molar-refractivity contribution in [1.29, 1.82) is 0 Å². The van der Waals surface area contributed by atoms with E-state index in [1.165, 1.54) is 19.1 Å². The fourth-order valence-corrected chi connectivity index (χ4v) is 6.31. The summed E-state index contributed by atoms with van der Waals surface area (Å²) in [6, 6.07) is 3.56. The zero-order chi connectivity index (χ0) is 19.6. The highest BCUT2D eigenvalue weighted by atomic mass is 32.2. The molecule has 1 N–H and O–H groups in total. The minimum Gasteiger partial charge on any atom is -0.350 e. The van der Waals surface area contributed by atoms with Crippen LogP contribution in [0.2, 0.25) is 0 Å². The van der Waals surface area contributed by atoms with E-state index in [0.29, 0.717) is 0 Å². The number of Topliss-reactive ketones (excluding diaryl/α,β-unsaturated/α-hetero) is 1. The minimum absolute atomic E-state index is 0.0143. The lowest BCUT2D eigenvalue weighted by Gasteiger charge is -2.28. The Kier molecular flexibility index (Phi) is 6.22. The molecule has 1 aromatic rings. The van der Waals surface area contributed by atoms with Crippen LogP contribution in [0.25, 0.3) is 0 Å². The third-order valence-corrected chi connectivity index (χ3v) is 7.74. The third kappa shape index (κ3) is 5.08. The molecule has 3 rings (SSSR count). The number of likely N-dealkylation sites (tertiary alicyclic amines) is 1. The van der Waals surface area contributed by atoms with Crippen molar-refractivity contribution in [2.45, 2.75) is 36.7 Å². The number of carbonyl (C=O) groups is 2. The summed E-state index contributed by atoms with van der Waals surface area (Å²) in [6.07, 6.45) is 2.09. The quantitative estimate of drug-likeness (QED) is 0.561. The van der Waals surface area contributed by atoms with Gasteiger partial charge in [-0.05, 0) is 45.0 Å². The molecular formula is C18H23FN2O4S2. The van der Waals surface area contributed by atoms with Crippen molar-refractivity contribution in [2.24, 2.45) is 0 Å². The summed E-state index contributed by atoms with van der Waals surface area (Å²) in [6.45, 7) is 3.07. The molecule has 0 saturated carbocycles. The molecule has 6 nitrogen and oxygen atoms in total. The fourth-order valence-electron chi connectivity index (χ4n) is 3.63. The number of carbonyl (C=O) groups excluding carboxylic acids is 2. The van der Waals surface area contributed by atoms with Crippen LogP contribution in [-0.4, -0.2) is 67.4 Å². The van der Waals surface area contributed by atoms with Gasteiger partial charge in [-0.25, -0.2) is 12.8 Å². The van der Waals surface area contributed by atoms with Gasteiger partial charge >= 0.3 is 0 Å². The van der Waals surface area contributed by atoms with Crippen molar-refractivity contribution in [3.63, 3.8) is 0 Å². The SMILES string of the molecule is CC(=O)c1ccc(SCC(=O)NC2CS(=O)(=O)CC2N2CCCC2)c(F)c1. The molecule has 148 valence electrons. The highest BCUT2D eigenvalue weighted by Crippen LogP contribution is 2.25. The van der Waals surface area contributed by atoms with Crippen molar-refractivity contribution in [1.82, 2.24) is 10.2 Å². The first-order chi connectivity index (χ1) is 12.7. The molecule has 2 atom stereocenters. The van der Waals surface area contributed by atoms with Crippen LogP contribution in [0.4, 0.5) is 4.39 Å². The Morgan fingerprint density at radius 2 is 1.96 bits per heavy atom. The van der Waals surface area contributed by atoms with E-state index in [9.17, 15) is 22.4 Å². The molecule has 2 unspecified atom stereocenters. The Morgan fingerprint density at radius 1 is 1.26 bits per heavy atom. The first-order valence-corrected chi connectivity index (χ1v) is 11.7. The number of nitrogens with one attached hydrogen (secondary N) is 1. The summed E-state index contributed by atoms with van der Waals surface area (Å²) in [7, 11) is -3.17. The van der Waals surface area contributed by atoms with Crippen molar-refractivity contribution in [2.75, 3.05) is 30.3 Å². The maximum absolute atomic E-state index is 14.0. The smallest absolute Gasteiger partial charge is 0.230 e. The first-order valence-electron chi connectivity index (χ1n) is 8.92. The van der Waals surface area contributed by atoms with Crippen molar-refractivity contribution in [3.05, 3.63) is 29.6 Å². The molecule has 2 aliphatic rings. The van der Waals surface area contributed by atoms with Crippen LogP contribution in [0.5, 0.6) is 0 Å². The van der Waals surface area contributed by atoms with E-state index in [0.717, 1.165) is 43.8 Å². The highest BCUT2D eigenvalue weighted by molar-refractivity contribution is 8.00. The number of halogens is 1. The van der Waals surface area contributed by atoms with E-state index in [1.807, 2.05) is 0 Å². The van der Waals surface area contributed by atoms with Crippen LogP contribution in [0.3, 0.4) is 0 Å². The topological polar surface area (TPSA) is 83.5 Å². The van der Waals surface area contributed by atoms with Crippen LogP contribution in [0, 0.1) is 5.82 Å². The number of hydrogen-bond donors (Lipinski definition) is 1. The number of amides is 1. The Labute approximate surface area is 162 Å². The van der Waals surface area contributed by atoms with Gasteiger partial charge in [-0.3, -0.25) is 14.5 Å². The molecule has 1 aromatic carbocycles. The summed E-state index contributed by atoms with van der Waals surface area (Å²) in [5, 5.41) is 2.82. The van der Waals surface area contributed by atoms with Gasteiger partial charge in [0.1, 0.15) is 5.82 Å². The van der Waals surface area contributed by atoms with Gasteiger partial charge in [-0.2, -0.15) is 0 Å². The molecule has 2 aliphatic heterocycles. The Bertz CT molecular complexity index is 838. The number of ketones is 1. The first kappa shape index (κ1) is 20.3. The summed E-state index contributed by atoms with van der Waals surface area (Å²) in [5.74, 6) is -1.07. The molecule has 2 fully saturated rings. The van der Waals surface area contributed by atoms with E-state index >= 15 is 0 Å². The highest BCUT2D eigenvalue weighted by Gasteiger charge is 2.42. The van der Waals surface area contributed by atoms with Gasteiger partial charge < -0.3 is 5.32 Å². The Balaban J connectivity index is 1.59. The molecule has 9 heteroatoms. The second-order valence-electron chi connectivity index (χ2n) is 7.05. The molecule has 1 amide bonds. The number of nitrogens with zero attached hydrogens (tertiary/aromatic N) is 1. The van der Waals surface area contributed by atoms with Crippen molar-refractivity contribution >= 4 is 33.3 Å². The second-order valence-corrected chi connectivity index (χ2v) is 10.2. The summed E-state index contributed by atoms with van der Waals surface area (Å²) in [4.78, 5) is 26.0. The summed E-state index contributed by atoms with van der Waals surface area (Å²) in [5.41, 5.74) is 0.283. The zero-order valence-corrected chi connectivity index (χ0v) is 16.7. The van der Waals surface area contributed by atoms with Crippen LogP contribution in [-0.2, 0) is 14.6 Å². The van der Waals surface area contributed by atoms with Crippen molar-refractivity contribution in [3.8, 4) is 0 Å². The zero-order valence-electron chi connectivity index (χ0n) is 15.1. The van der Waals surface area contributed by atoms with Crippen LogP contribution >= 0.6 is 11.8 Å². The predicted octanol–water partition coefficient (Wildman–Crippen LogP) is 1.50. The molecule has 2 heterocycles. The van der Waals surface area contributed by atoms with Crippen LogP contribution in [0.1, 0.15) is 30.1 Å². The van der Waals surface area contributed by atoms with E-state index in [2.05, 4.69) is 10.2 Å². The van der Waals surface area contributed by atoms with Crippen molar-refractivity contribution < 1.29 is 22.4 Å². The number of thioether (sulfide) groups is 1. The summed E-state index contributed by atoms with van der Waals surface area (Å²) >= 11 is 1.03. The fraction of sp³-hybridized carbons (Fsp3) is 0.556. The van der Waals surface area contributed by atoms with Gasteiger partial charge in [-0.1, -0.05) is 6.07 Å². The lowest BCUT2D eigenvalue weighted by atomic mass is 10.1. The molecule has 27 heavy (non-hydrogen) atoms. The van der Waals surface area contributed by atoms with E-state index < -0.39 is 21.7 Å². The summed E-state index contributed by atoms with van der Waals surface area (Å²) < 4.78 is 38.1. The maximum atomic E-state index is 14.0. The number of benzene rings is 1. The monoisotopic (exact) mass is 414 g/mol. The number of rotatable bonds is 6. The molecule has 0 aromatic heterocycles. The van der Waals surface area contributed by atoms with Gasteiger partial charge in [0.15, 0.2) is 15.6 Å². The molecule has 2 saturated heterocycles. The average molecular weight is 415 g/mol. The van der Waals surface area contributed by atoms with E-state index in [4.69, 9.17) is 0 Å². The molecule has 0 spiro atoms. The van der Waals surface area contributed by atoms with Gasteiger partial charge in [0.2, 0.25) is 5.91 Å². The van der Waals surface area contributed by atoms with Gasteiger partial charge in [0.25, 0.3) is 0 Å². The van der Waals surface area contributed by atoms with E-state index in [-0.39, 0.29) is 45.4 Å². The van der Waals surface area contributed by atoms with Crippen LogP contribution < -0.4 is 5.32 Å². The standard InChI is InChI=1S/C18H23FN2O4S2/c1-12(22)13-4-5-17(14(19)8-13)26-9-18(23)20-15-10-27(24,25)11-16(15)21-6-2-3-7-21/h4-5,8,15-16H,2-3,6-7,9-11H2,1H3,(H,20,23). The Morgan fingerprint density at radius 3 is 2.59 bits per heavy atom. The predicted molar refractivity (Wildman–Crippen MR) is 102 cm³/mol. The third-order valence-electron chi connectivity index (χ3n) is 4.98. The lowest BCUT2D eigenvalue weighted by Crippen LogP contribution is -2.50. The Hall–Kier alpha value is -1.45. The average Bonchev–Trinajstić information content (AvgIpc) is 3.21. The second kappa shape index (κ2) is 8.28. The molecule has 0 aliphatic carbocycles.